The van der Waals surface area contributed by atoms with Crippen LogP contribution in [0.5, 0.6) is 0 Å². The van der Waals surface area contributed by atoms with Crippen molar-refractivity contribution in [1.29, 1.82) is 0 Å². The third-order valence-electron chi connectivity index (χ3n) is 2.31. The minimum absolute atomic E-state index is 0.726. The van der Waals surface area contributed by atoms with Crippen molar-refractivity contribution in [1.82, 2.24) is 4.98 Å². The zero-order chi connectivity index (χ0) is 9.10. The summed E-state index contributed by atoms with van der Waals surface area (Å²) < 4.78 is 0. The van der Waals surface area contributed by atoms with Crippen LogP contribution in [0.15, 0.2) is 18.2 Å². The third kappa shape index (κ3) is 1.72. The topological polar surface area (TPSA) is 54.2 Å². The van der Waals surface area contributed by atoms with Gasteiger partial charge in [-0.15, -0.1) is 0 Å². The van der Waals surface area contributed by atoms with E-state index in [0.29, 0.717) is 0 Å². The van der Waals surface area contributed by atoms with Gasteiger partial charge in [0.2, 0.25) is 0 Å². The molecule has 1 fully saturated rings. The molecule has 4 nitrogen and oxygen atoms in total. The predicted octanol–water partition coefficient (Wildman–Crippen LogP) is 0.967. The minimum Gasteiger partial charge on any atom is -0.357 e. The lowest BCUT2D eigenvalue weighted by molar-refractivity contribution is 0.937. The summed E-state index contributed by atoms with van der Waals surface area (Å²) in [5.41, 5.74) is 2.55. The molecular formula is C9H14N4. The standard InChI is InChI=1S/C9H14N4/c10-12-8-4-3-5-9(11-8)13-6-1-2-7-13/h3-5H,1-2,6-7,10H2,(H,11,12). The fourth-order valence-electron chi connectivity index (χ4n) is 1.63. The van der Waals surface area contributed by atoms with Crippen LogP contribution in [0.4, 0.5) is 11.6 Å². The van der Waals surface area contributed by atoms with E-state index in [0.717, 1.165) is 24.7 Å². The van der Waals surface area contributed by atoms with Crippen LogP contribution in [0.2, 0.25) is 0 Å². The smallest absolute Gasteiger partial charge is 0.142 e. The zero-order valence-corrected chi connectivity index (χ0v) is 7.53. The Kier molecular flexibility index (Phi) is 2.31. The SMILES string of the molecule is NNc1cccc(N2CCCC2)n1. The number of nitrogens with one attached hydrogen (secondary N) is 1. The minimum atomic E-state index is 0.726. The Labute approximate surface area is 77.7 Å². The van der Waals surface area contributed by atoms with E-state index in [4.69, 9.17) is 5.84 Å². The van der Waals surface area contributed by atoms with Crippen molar-refractivity contribution in [2.75, 3.05) is 23.4 Å². The number of aromatic nitrogens is 1. The van der Waals surface area contributed by atoms with Crippen molar-refractivity contribution < 1.29 is 0 Å². The highest BCUT2D eigenvalue weighted by molar-refractivity contribution is 5.46. The van der Waals surface area contributed by atoms with Gasteiger partial charge in [0.05, 0.1) is 0 Å². The Balaban J connectivity index is 2.18. The fraction of sp³-hybridized carbons (Fsp3) is 0.444. The van der Waals surface area contributed by atoms with E-state index in [2.05, 4.69) is 15.3 Å². The molecule has 1 saturated heterocycles. The van der Waals surface area contributed by atoms with Gasteiger partial charge in [0.1, 0.15) is 11.6 Å². The molecule has 1 aliphatic rings. The maximum Gasteiger partial charge on any atom is 0.142 e. The largest absolute Gasteiger partial charge is 0.357 e. The first-order valence-corrected chi connectivity index (χ1v) is 4.59. The van der Waals surface area contributed by atoms with Crippen LogP contribution in [0.1, 0.15) is 12.8 Å². The van der Waals surface area contributed by atoms with Gasteiger partial charge >= 0.3 is 0 Å². The summed E-state index contributed by atoms with van der Waals surface area (Å²) in [6.07, 6.45) is 2.53. The van der Waals surface area contributed by atoms with Crippen LogP contribution < -0.4 is 16.2 Å². The number of anilines is 2. The van der Waals surface area contributed by atoms with Gasteiger partial charge in [0.25, 0.3) is 0 Å². The second kappa shape index (κ2) is 3.62. The lowest BCUT2D eigenvalue weighted by Crippen LogP contribution is -2.19. The Bertz CT molecular complexity index is 281. The molecule has 0 amide bonds. The number of nitrogens with zero attached hydrogens (tertiary/aromatic N) is 2. The van der Waals surface area contributed by atoms with Gasteiger partial charge < -0.3 is 10.3 Å². The van der Waals surface area contributed by atoms with Crippen LogP contribution in [0.25, 0.3) is 0 Å². The van der Waals surface area contributed by atoms with E-state index in [1.165, 1.54) is 12.8 Å². The van der Waals surface area contributed by atoms with Crippen molar-refractivity contribution in [3.63, 3.8) is 0 Å². The van der Waals surface area contributed by atoms with Gasteiger partial charge in [0.15, 0.2) is 0 Å². The van der Waals surface area contributed by atoms with Crippen molar-refractivity contribution in [3.8, 4) is 0 Å². The van der Waals surface area contributed by atoms with Crippen molar-refractivity contribution in [3.05, 3.63) is 18.2 Å². The number of pyridine rings is 1. The molecule has 0 saturated carbocycles. The lowest BCUT2D eigenvalue weighted by Gasteiger charge is -2.16. The average Bonchev–Trinajstić information content (AvgIpc) is 2.71. The summed E-state index contributed by atoms with van der Waals surface area (Å²) >= 11 is 0. The predicted molar refractivity (Wildman–Crippen MR) is 53.5 cm³/mol. The fourth-order valence-corrected chi connectivity index (χ4v) is 1.63. The Morgan fingerprint density at radius 1 is 1.31 bits per heavy atom. The van der Waals surface area contributed by atoms with Gasteiger partial charge in [-0.2, -0.15) is 0 Å². The molecule has 0 spiro atoms. The molecule has 1 aromatic rings. The molecule has 3 N–H and O–H groups in total. The molecule has 0 unspecified atom stereocenters. The molecule has 70 valence electrons. The maximum absolute atomic E-state index is 5.29. The summed E-state index contributed by atoms with van der Waals surface area (Å²) in [7, 11) is 0. The van der Waals surface area contributed by atoms with E-state index in [9.17, 15) is 0 Å². The Morgan fingerprint density at radius 2 is 2.08 bits per heavy atom. The molecule has 2 heterocycles. The molecule has 1 aromatic heterocycles. The Hall–Kier alpha value is -1.29. The summed E-state index contributed by atoms with van der Waals surface area (Å²) in [5.74, 6) is 7.03. The molecule has 0 bridgehead atoms. The zero-order valence-electron chi connectivity index (χ0n) is 7.53. The normalized spacial score (nSPS) is 16.2. The van der Waals surface area contributed by atoms with E-state index in [1.54, 1.807) is 0 Å². The highest BCUT2D eigenvalue weighted by atomic mass is 15.3. The molecule has 0 atom stereocenters. The summed E-state index contributed by atoms with van der Waals surface area (Å²) in [4.78, 5) is 6.64. The van der Waals surface area contributed by atoms with Crippen LogP contribution in [-0.2, 0) is 0 Å². The first kappa shape index (κ1) is 8.31. The highest BCUT2D eigenvalue weighted by Gasteiger charge is 2.12. The molecule has 0 aromatic carbocycles. The van der Waals surface area contributed by atoms with Crippen molar-refractivity contribution in [2.45, 2.75) is 12.8 Å². The molecule has 13 heavy (non-hydrogen) atoms. The molecule has 0 radical (unpaired) electrons. The monoisotopic (exact) mass is 178 g/mol. The number of hydrogen-bond acceptors (Lipinski definition) is 4. The third-order valence-corrected chi connectivity index (χ3v) is 2.31. The lowest BCUT2D eigenvalue weighted by atomic mass is 10.4. The van der Waals surface area contributed by atoms with Crippen molar-refractivity contribution >= 4 is 11.6 Å². The number of hydrazine groups is 1. The number of rotatable bonds is 2. The van der Waals surface area contributed by atoms with Crippen LogP contribution in [0.3, 0.4) is 0 Å². The molecule has 4 heteroatoms. The second-order valence-electron chi connectivity index (χ2n) is 3.22. The average molecular weight is 178 g/mol. The van der Waals surface area contributed by atoms with Crippen LogP contribution in [-0.4, -0.2) is 18.1 Å². The van der Waals surface area contributed by atoms with E-state index < -0.39 is 0 Å². The van der Waals surface area contributed by atoms with Gasteiger partial charge in [-0.25, -0.2) is 10.8 Å². The first-order valence-electron chi connectivity index (χ1n) is 4.59. The van der Waals surface area contributed by atoms with Gasteiger partial charge in [-0.3, -0.25) is 0 Å². The summed E-state index contributed by atoms with van der Waals surface area (Å²) in [6, 6.07) is 5.85. The Morgan fingerprint density at radius 3 is 2.77 bits per heavy atom. The quantitative estimate of drug-likeness (QED) is 0.523. The molecule has 2 rings (SSSR count). The molecular weight excluding hydrogens is 164 g/mol. The summed E-state index contributed by atoms with van der Waals surface area (Å²) in [5, 5.41) is 0. The van der Waals surface area contributed by atoms with Crippen molar-refractivity contribution in [2.24, 2.45) is 5.84 Å². The number of nitrogen functional groups attached to an aromatic ring is 1. The second-order valence-corrected chi connectivity index (χ2v) is 3.22. The van der Waals surface area contributed by atoms with E-state index in [-0.39, 0.29) is 0 Å². The van der Waals surface area contributed by atoms with Crippen LogP contribution in [0, 0.1) is 0 Å². The molecule has 0 aliphatic carbocycles. The van der Waals surface area contributed by atoms with Gasteiger partial charge in [-0.05, 0) is 25.0 Å². The maximum atomic E-state index is 5.29. The van der Waals surface area contributed by atoms with Gasteiger partial charge in [-0.1, -0.05) is 6.07 Å². The van der Waals surface area contributed by atoms with E-state index >= 15 is 0 Å². The first-order chi connectivity index (χ1) is 6.40. The number of hydrogen-bond donors (Lipinski definition) is 2. The molecule has 1 aliphatic heterocycles. The van der Waals surface area contributed by atoms with Gasteiger partial charge in [0, 0.05) is 13.1 Å². The highest BCUT2D eigenvalue weighted by Crippen LogP contribution is 2.18. The summed E-state index contributed by atoms with van der Waals surface area (Å²) in [6.45, 7) is 2.22. The number of nitrogens with two attached hydrogens (primary N) is 1. The van der Waals surface area contributed by atoms with Crippen LogP contribution >= 0.6 is 0 Å². The van der Waals surface area contributed by atoms with E-state index in [1.807, 2.05) is 18.2 Å².